The Bertz CT molecular complexity index is 972. The maximum atomic E-state index is 13.0. The Labute approximate surface area is 180 Å². The van der Waals surface area contributed by atoms with Crippen molar-refractivity contribution in [2.75, 3.05) is 18.5 Å². The average molecular weight is 433 g/mol. The molecule has 7 heteroatoms. The third kappa shape index (κ3) is 4.57. The van der Waals surface area contributed by atoms with Crippen LogP contribution in [0.4, 0.5) is 5.69 Å². The minimum Gasteiger partial charge on any atom is -0.494 e. The molecular weight excluding hydrogens is 411 g/mol. The van der Waals surface area contributed by atoms with Crippen LogP contribution < -0.4 is 10.1 Å². The van der Waals surface area contributed by atoms with Gasteiger partial charge in [-0.25, -0.2) is 0 Å². The van der Waals surface area contributed by atoms with Crippen LogP contribution in [0.3, 0.4) is 0 Å². The molecule has 1 aliphatic heterocycles. The molecule has 2 aromatic rings. The zero-order valence-electron chi connectivity index (χ0n) is 16.3. The zero-order chi connectivity index (χ0) is 21.0. The van der Waals surface area contributed by atoms with Gasteiger partial charge in [-0.05, 0) is 37.1 Å². The van der Waals surface area contributed by atoms with Gasteiger partial charge >= 0.3 is 0 Å². The molecule has 1 aliphatic rings. The van der Waals surface area contributed by atoms with Gasteiger partial charge in [-0.2, -0.15) is 0 Å². The van der Waals surface area contributed by atoms with Gasteiger partial charge in [0.15, 0.2) is 0 Å². The number of nitrogens with one attached hydrogen (secondary N) is 1. The standard InChI is InChI=1S/C22H22Cl2N2O3/c1-3-10-26-21(27)19(17-9-8-14(23)12-18(17)24)20(22(26)28)25-15-6-5-7-16(13-15)29-11-4-2/h5-9,12-13,25H,3-4,10-11H2,1-2H3. The highest BCUT2D eigenvalue weighted by molar-refractivity contribution is 6.41. The summed E-state index contributed by atoms with van der Waals surface area (Å²) in [6.07, 6.45) is 1.55. The van der Waals surface area contributed by atoms with Crippen LogP contribution in [0.1, 0.15) is 32.3 Å². The minimum atomic E-state index is -0.377. The number of nitrogens with zero attached hydrogens (tertiary/aromatic N) is 1. The molecule has 0 saturated heterocycles. The number of rotatable bonds is 8. The van der Waals surface area contributed by atoms with Crippen molar-refractivity contribution in [1.82, 2.24) is 4.90 Å². The normalized spacial score (nSPS) is 14.0. The Kier molecular flexibility index (Phi) is 6.83. The number of imide groups is 1. The lowest BCUT2D eigenvalue weighted by molar-refractivity contribution is -0.136. The Balaban J connectivity index is 2.04. The van der Waals surface area contributed by atoms with Crippen molar-refractivity contribution in [2.45, 2.75) is 26.7 Å². The molecule has 0 radical (unpaired) electrons. The van der Waals surface area contributed by atoms with Gasteiger partial charge in [-0.15, -0.1) is 0 Å². The predicted molar refractivity (Wildman–Crippen MR) is 116 cm³/mol. The van der Waals surface area contributed by atoms with Crippen LogP contribution in [-0.2, 0) is 9.59 Å². The van der Waals surface area contributed by atoms with Gasteiger partial charge in [0, 0.05) is 28.9 Å². The SMILES string of the molecule is CCCOc1cccc(NC2=C(c3ccc(Cl)cc3Cl)C(=O)N(CCC)C2=O)c1. The van der Waals surface area contributed by atoms with Gasteiger partial charge in [0.1, 0.15) is 11.4 Å². The van der Waals surface area contributed by atoms with Crippen LogP contribution in [0.25, 0.3) is 5.57 Å². The number of benzene rings is 2. The lowest BCUT2D eigenvalue weighted by atomic mass is 10.0. The molecule has 0 aliphatic carbocycles. The van der Waals surface area contributed by atoms with Gasteiger partial charge in [0.25, 0.3) is 11.8 Å². The highest BCUT2D eigenvalue weighted by atomic mass is 35.5. The maximum Gasteiger partial charge on any atom is 0.278 e. The van der Waals surface area contributed by atoms with E-state index in [1.807, 2.05) is 32.0 Å². The third-order valence-electron chi connectivity index (χ3n) is 4.39. The monoisotopic (exact) mass is 432 g/mol. The fourth-order valence-electron chi connectivity index (χ4n) is 3.09. The first kappa shape index (κ1) is 21.2. The molecule has 2 aromatic carbocycles. The van der Waals surface area contributed by atoms with E-state index in [0.29, 0.717) is 46.6 Å². The van der Waals surface area contributed by atoms with Crippen molar-refractivity contribution in [3.05, 3.63) is 63.8 Å². The fraction of sp³-hybridized carbons (Fsp3) is 0.273. The van der Waals surface area contributed by atoms with E-state index < -0.39 is 0 Å². The van der Waals surface area contributed by atoms with E-state index in [4.69, 9.17) is 27.9 Å². The topological polar surface area (TPSA) is 58.6 Å². The highest BCUT2D eigenvalue weighted by Gasteiger charge is 2.39. The molecule has 0 unspecified atom stereocenters. The first-order valence-electron chi connectivity index (χ1n) is 9.52. The first-order chi connectivity index (χ1) is 14.0. The van der Waals surface area contributed by atoms with Crippen molar-refractivity contribution in [1.29, 1.82) is 0 Å². The molecule has 3 rings (SSSR count). The molecular formula is C22H22Cl2N2O3. The second-order valence-electron chi connectivity index (χ2n) is 6.64. The maximum absolute atomic E-state index is 13.0. The number of hydrogen-bond donors (Lipinski definition) is 1. The van der Waals surface area contributed by atoms with E-state index in [2.05, 4.69) is 5.32 Å². The number of anilines is 1. The van der Waals surface area contributed by atoms with Crippen LogP contribution in [0, 0.1) is 0 Å². The summed E-state index contributed by atoms with van der Waals surface area (Å²) in [4.78, 5) is 27.3. The second-order valence-corrected chi connectivity index (χ2v) is 7.48. The minimum absolute atomic E-state index is 0.195. The van der Waals surface area contributed by atoms with Crippen molar-refractivity contribution < 1.29 is 14.3 Å². The van der Waals surface area contributed by atoms with Crippen molar-refractivity contribution in [3.8, 4) is 5.75 Å². The van der Waals surface area contributed by atoms with Gasteiger partial charge in [-0.3, -0.25) is 14.5 Å². The summed E-state index contributed by atoms with van der Waals surface area (Å²) in [7, 11) is 0. The second kappa shape index (κ2) is 9.33. The van der Waals surface area contributed by atoms with E-state index >= 15 is 0 Å². The number of amides is 2. The molecule has 0 bridgehead atoms. The molecule has 2 amide bonds. The lowest BCUT2D eigenvalue weighted by Crippen LogP contribution is -2.33. The van der Waals surface area contributed by atoms with Crippen molar-refractivity contribution in [2.24, 2.45) is 0 Å². The number of halogens is 2. The van der Waals surface area contributed by atoms with Gasteiger partial charge in [0.05, 0.1) is 17.2 Å². The smallest absolute Gasteiger partial charge is 0.278 e. The Morgan fingerprint density at radius 2 is 1.79 bits per heavy atom. The molecule has 1 heterocycles. The van der Waals surface area contributed by atoms with Crippen LogP contribution >= 0.6 is 23.2 Å². The van der Waals surface area contributed by atoms with E-state index in [-0.39, 0.29) is 23.1 Å². The van der Waals surface area contributed by atoms with Crippen LogP contribution in [0.2, 0.25) is 10.0 Å². The molecule has 5 nitrogen and oxygen atoms in total. The molecule has 1 N–H and O–H groups in total. The fourth-order valence-corrected chi connectivity index (χ4v) is 3.59. The summed E-state index contributed by atoms with van der Waals surface area (Å²) in [5.74, 6) is -0.0644. The molecule has 0 atom stereocenters. The summed E-state index contributed by atoms with van der Waals surface area (Å²) in [5, 5.41) is 3.88. The third-order valence-corrected chi connectivity index (χ3v) is 4.94. The van der Waals surface area contributed by atoms with Crippen molar-refractivity contribution >= 4 is 46.3 Å². The average Bonchev–Trinajstić information content (AvgIpc) is 2.92. The quantitative estimate of drug-likeness (QED) is 0.568. The Hall–Kier alpha value is -2.50. The van der Waals surface area contributed by atoms with Crippen LogP contribution in [0.5, 0.6) is 5.75 Å². The van der Waals surface area contributed by atoms with Gasteiger partial charge in [-0.1, -0.05) is 49.2 Å². The molecule has 0 spiro atoms. The molecule has 0 saturated carbocycles. The lowest BCUT2D eigenvalue weighted by Gasteiger charge is -2.14. The summed E-state index contributed by atoms with van der Waals surface area (Å²) in [6.45, 7) is 4.87. The molecule has 0 fully saturated rings. The van der Waals surface area contributed by atoms with E-state index in [1.165, 1.54) is 4.90 Å². The Morgan fingerprint density at radius 3 is 2.48 bits per heavy atom. The predicted octanol–water partition coefficient (Wildman–Crippen LogP) is 5.38. The van der Waals surface area contributed by atoms with Crippen LogP contribution in [-0.4, -0.2) is 29.9 Å². The van der Waals surface area contributed by atoms with Gasteiger partial charge < -0.3 is 10.1 Å². The zero-order valence-corrected chi connectivity index (χ0v) is 17.8. The summed E-state index contributed by atoms with van der Waals surface area (Å²) in [5.41, 5.74) is 1.55. The number of carbonyl (C=O) groups is 2. The summed E-state index contributed by atoms with van der Waals surface area (Å²) < 4.78 is 5.66. The Morgan fingerprint density at radius 1 is 1.00 bits per heavy atom. The van der Waals surface area contributed by atoms with E-state index in [9.17, 15) is 9.59 Å². The van der Waals surface area contributed by atoms with Gasteiger partial charge in [0.2, 0.25) is 0 Å². The molecule has 152 valence electrons. The largest absolute Gasteiger partial charge is 0.494 e. The van der Waals surface area contributed by atoms with E-state index in [0.717, 1.165) is 6.42 Å². The number of hydrogen-bond acceptors (Lipinski definition) is 4. The number of ether oxygens (including phenoxy) is 1. The first-order valence-corrected chi connectivity index (χ1v) is 10.3. The summed E-state index contributed by atoms with van der Waals surface area (Å²) in [6, 6.07) is 12.1. The van der Waals surface area contributed by atoms with Crippen LogP contribution in [0.15, 0.2) is 48.2 Å². The van der Waals surface area contributed by atoms with E-state index in [1.54, 1.807) is 24.3 Å². The van der Waals surface area contributed by atoms with Crippen molar-refractivity contribution in [3.63, 3.8) is 0 Å². The highest BCUT2D eigenvalue weighted by Crippen LogP contribution is 2.35. The summed E-state index contributed by atoms with van der Waals surface area (Å²) >= 11 is 12.3. The molecule has 29 heavy (non-hydrogen) atoms. The number of carbonyl (C=O) groups excluding carboxylic acids is 2. The molecule has 0 aromatic heterocycles.